The molecular weight excluding hydrogens is 562 g/mol. The van der Waals surface area contributed by atoms with Crippen LogP contribution in [0.15, 0.2) is 77.7 Å². The van der Waals surface area contributed by atoms with Gasteiger partial charge in [-0.05, 0) is 66.8 Å². The molecule has 3 rings (SSSR count). The number of ether oxygens (including phenoxy) is 1. The molecule has 220 valence electrons. The highest BCUT2D eigenvalue weighted by atomic mass is 35.5. The van der Waals surface area contributed by atoms with E-state index in [0.29, 0.717) is 29.3 Å². The zero-order valence-corrected chi connectivity index (χ0v) is 25.7. The van der Waals surface area contributed by atoms with Crippen LogP contribution in [-0.2, 0) is 26.2 Å². The maximum absolute atomic E-state index is 14.2. The molecule has 0 aliphatic rings. The lowest BCUT2D eigenvalue weighted by Crippen LogP contribution is -2.52. The number of halogens is 1. The zero-order valence-electron chi connectivity index (χ0n) is 24.1. The van der Waals surface area contributed by atoms with Crippen molar-refractivity contribution in [3.63, 3.8) is 0 Å². The summed E-state index contributed by atoms with van der Waals surface area (Å²) in [6.45, 7) is 7.55. The van der Waals surface area contributed by atoms with E-state index in [-0.39, 0.29) is 29.0 Å². The van der Waals surface area contributed by atoms with Crippen molar-refractivity contribution in [2.45, 2.75) is 51.6 Å². The molecule has 0 fully saturated rings. The Morgan fingerprint density at radius 2 is 1.71 bits per heavy atom. The molecule has 0 aliphatic carbocycles. The Morgan fingerprint density at radius 3 is 2.34 bits per heavy atom. The highest BCUT2D eigenvalue weighted by Gasteiger charge is 2.34. The number of anilines is 1. The first kappa shape index (κ1) is 32.0. The van der Waals surface area contributed by atoms with E-state index >= 15 is 0 Å². The van der Waals surface area contributed by atoms with Gasteiger partial charge in [-0.3, -0.25) is 13.9 Å². The number of hydrogen-bond acceptors (Lipinski definition) is 5. The van der Waals surface area contributed by atoms with E-state index in [1.54, 1.807) is 62.6 Å². The van der Waals surface area contributed by atoms with Gasteiger partial charge >= 0.3 is 0 Å². The molecule has 0 saturated carbocycles. The van der Waals surface area contributed by atoms with Crippen LogP contribution in [0.25, 0.3) is 0 Å². The van der Waals surface area contributed by atoms with Crippen molar-refractivity contribution < 1.29 is 22.7 Å². The summed E-state index contributed by atoms with van der Waals surface area (Å²) < 4.78 is 34.4. The van der Waals surface area contributed by atoms with Crippen LogP contribution in [-0.4, -0.2) is 51.4 Å². The molecule has 2 amide bonds. The Balaban J connectivity index is 2.09. The average Bonchev–Trinajstić information content (AvgIpc) is 2.96. The Bertz CT molecular complexity index is 1450. The second-order valence-electron chi connectivity index (χ2n) is 10.2. The van der Waals surface area contributed by atoms with Gasteiger partial charge < -0.3 is 15.0 Å². The predicted octanol–water partition coefficient (Wildman–Crippen LogP) is 5.43. The molecule has 0 aromatic heterocycles. The molecule has 1 atom stereocenters. The second kappa shape index (κ2) is 14.4. The molecular formula is C31H38ClN3O5S. The van der Waals surface area contributed by atoms with Gasteiger partial charge in [-0.2, -0.15) is 0 Å². The molecule has 1 N–H and O–H groups in total. The minimum absolute atomic E-state index is 0.0354. The third-order valence-electron chi connectivity index (χ3n) is 6.61. The minimum atomic E-state index is -4.17. The van der Waals surface area contributed by atoms with Crippen LogP contribution in [0, 0.1) is 12.8 Å². The number of nitrogens with zero attached hydrogens (tertiary/aromatic N) is 2. The Labute approximate surface area is 248 Å². The number of benzene rings is 3. The number of rotatable bonds is 13. The van der Waals surface area contributed by atoms with Crippen LogP contribution in [0.1, 0.15) is 38.3 Å². The third kappa shape index (κ3) is 8.24. The van der Waals surface area contributed by atoms with Gasteiger partial charge in [0, 0.05) is 18.1 Å². The molecule has 8 nitrogen and oxygen atoms in total. The molecule has 3 aromatic carbocycles. The number of aryl methyl sites for hydroxylation is 1. The summed E-state index contributed by atoms with van der Waals surface area (Å²) >= 11 is 6.29. The van der Waals surface area contributed by atoms with Crippen molar-refractivity contribution >= 4 is 39.1 Å². The van der Waals surface area contributed by atoms with E-state index in [4.69, 9.17) is 16.3 Å². The van der Waals surface area contributed by atoms with Crippen LogP contribution in [0.2, 0.25) is 5.02 Å². The molecule has 0 heterocycles. The lowest BCUT2D eigenvalue weighted by atomic mass is 10.1. The highest BCUT2D eigenvalue weighted by molar-refractivity contribution is 7.92. The van der Waals surface area contributed by atoms with Gasteiger partial charge in [-0.15, -0.1) is 0 Å². The number of hydrogen-bond donors (Lipinski definition) is 1. The average molecular weight is 600 g/mol. The van der Waals surface area contributed by atoms with Crippen molar-refractivity contribution in [2.75, 3.05) is 24.5 Å². The molecule has 0 radical (unpaired) electrons. The van der Waals surface area contributed by atoms with Gasteiger partial charge in [0.1, 0.15) is 18.3 Å². The number of carbonyl (C=O) groups excluding carboxylic acids is 2. The maximum Gasteiger partial charge on any atom is 0.264 e. The Hall–Kier alpha value is -3.56. The van der Waals surface area contributed by atoms with Crippen molar-refractivity contribution in [1.82, 2.24) is 10.2 Å². The fourth-order valence-electron chi connectivity index (χ4n) is 4.39. The fraction of sp³-hybridized carbons (Fsp3) is 0.355. The van der Waals surface area contributed by atoms with Gasteiger partial charge in [0.2, 0.25) is 11.8 Å². The van der Waals surface area contributed by atoms with E-state index in [0.717, 1.165) is 9.87 Å². The summed E-state index contributed by atoms with van der Waals surface area (Å²) in [6, 6.07) is 19.2. The molecule has 0 saturated heterocycles. The molecule has 1 unspecified atom stereocenters. The van der Waals surface area contributed by atoms with Crippen LogP contribution in [0.3, 0.4) is 0 Å². The summed E-state index contributed by atoms with van der Waals surface area (Å²) in [6.07, 6.45) is 0.335. The van der Waals surface area contributed by atoms with E-state index < -0.39 is 28.5 Å². The van der Waals surface area contributed by atoms with E-state index in [2.05, 4.69) is 5.32 Å². The lowest BCUT2D eigenvalue weighted by Gasteiger charge is -2.33. The quantitative estimate of drug-likeness (QED) is 0.283. The standard InChI is InChI=1S/C31H38ClN3O5S/c1-6-28(31(37)33-19-22(2)3)34(20-24-11-10-12-26(17-24)40-5)30(36)21-35(29-18-25(32)16-15-23(29)4)41(38,39)27-13-8-7-9-14-27/h7-18,22,28H,6,19-21H2,1-5H3,(H,33,37). The summed E-state index contributed by atoms with van der Waals surface area (Å²) in [4.78, 5) is 29.0. The van der Waals surface area contributed by atoms with Crippen LogP contribution in [0.4, 0.5) is 5.69 Å². The topological polar surface area (TPSA) is 96.0 Å². The van der Waals surface area contributed by atoms with Gasteiger partial charge in [0.15, 0.2) is 0 Å². The molecule has 41 heavy (non-hydrogen) atoms. The first-order valence-corrected chi connectivity index (χ1v) is 15.3. The van der Waals surface area contributed by atoms with Crippen LogP contribution in [0.5, 0.6) is 5.75 Å². The van der Waals surface area contributed by atoms with Gasteiger partial charge in [0.05, 0.1) is 17.7 Å². The first-order valence-electron chi connectivity index (χ1n) is 13.5. The smallest absolute Gasteiger partial charge is 0.264 e. The molecule has 10 heteroatoms. The van der Waals surface area contributed by atoms with Crippen LogP contribution >= 0.6 is 11.6 Å². The minimum Gasteiger partial charge on any atom is -0.497 e. The largest absolute Gasteiger partial charge is 0.497 e. The normalized spacial score (nSPS) is 12.1. The highest BCUT2D eigenvalue weighted by Crippen LogP contribution is 2.30. The van der Waals surface area contributed by atoms with Gasteiger partial charge in [-0.25, -0.2) is 8.42 Å². The van der Waals surface area contributed by atoms with Crippen molar-refractivity contribution in [2.24, 2.45) is 5.92 Å². The predicted molar refractivity (Wildman–Crippen MR) is 163 cm³/mol. The third-order valence-corrected chi connectivity index (χ3v) is 8.62. The van der Waals surface area contributed by atoms with Gasteiger partial charge in [0.25, 0.3) is 10.0 Å². The summed E-state index contributed by atoms with van der Waals surface area (Å²) in [5.74, 6) is -0.00144. The van der Waals surface area contributed by atoms with E-state index in [1.807, 2.05) is 26.8 Å². The summed E-state index contributed by atoms with van der Waals surface area (Å²) in [5, 5.41) is 3.26. The number of carbonyl (C=O) groups is 2. The van der Waals surface area contributed by atoms with Crippen molar-refractivity contribution in [1.29, 1.82) is 0 Å². The summed E-state index contributed by atoms with van der Waals surface area (Å²) in [7, 11) is -2.62. The number of amides is 2. The van der Waals surface area contributed by atoms with Gasteiger partial charge in [-0.1, -0.05) is 68.8 Å². The summed E-state index contributed by atoms with van der Waals surface area (Å²) in [5.41, 5.74) is 1.65. The van der Waals surface area contributed by atoms with Crippen molar-refractivity contribution in [3.8, 4) is 5.75 Å². The second-order valence-corrected chi connectivity index (χ2v) is 12.5. The number of methoxy groups -OCH3 is 1. The molecule has 0 bridgehead atoms. The first-order chi connectivity index (χ1) is 19.5. The van der Waals surface area contributed by atoms with Crippen LogP contribution < -0.4 is 14.4 Å². The SMILES string of the molecule is CCC(C(=O)NCC(C)C)N(Cc1cccc(OC)c1)C(=O)CN(c1cc(Cl)ccc1C)S(=O)(=O)c1ccccc1. The molecule has 0 aliphatic heterocycles. The number of sulfonamides is 1. The number of nitrogens with one attached hydrogen (secondary N) is 1. The van der Waals surface area contributed by atoms with Crippen molar-refractivity contribution in [3.05, 3.63) is 88.9 Å². The lowest BCUT2D eigenvalue weighted by molar-refractivity contribution is -0.140. The molecule has 0 spiro atoms. The Morgan fingerprint density at radius 1 is 1.00 bits per heavy atom. The van der Waals surface area contributed by atoms with E-state index in [1.165, 1.54) is 23.1 Å². The molecule has 3 aromatic rings. The Kier molecular flexibility index (Phi) is 11.2. The zero-order chi connectivity index (χ0) is 30.2. The fourth-order valence-corrected chi connectivity index (χ4v) is 6.05. The van der Waals surface area contributed by atoms with E-state index in [9.17, 15) is 18.0 Å². The maximum atomic E-state index is 14.2. The monoisotopic (exact) mass is 599 g/mol.